The summed E-state index contributed by atoms with van der Waals surface area (Å²) >= 11 is 3.51. The first-order valence-electron chi connectivity index (χ1n) is 5.29. The fraction of sp³-hybridized carbons (Fsp3) is 0.500. The van der Waals surface area contributed by atoms with Crippen molar-refractivity contribution >= 4 is 15.9 Å². The molecule has 1 unspecified atom stereocenters. The molecule has 0 bridgehead atoms. The Bertz CT molecular complexity index is 342. The molecule has 0 aliphatic carbocycles. The molecule has 0 heterocycles. The summed E-state index contributed by atoms with van der Waals surface area (Å²) in [6.45, 7) is 4.41. The highest BCUT2D eigenvalue weighted by Crippen LogP contribution is 2.27. The molecule has 0 saturated heterocycles. The van der Waals surface area contributed by atoms with Crippen LogP contribution < -0.4 is 10.1 Å². The Morgan fingerprint density at radius 3 is 2.62 bits per heavy atom. The zero-order chi connectivity index (χ0) is 12.1. The van der Waals surface area contributed by atoms with E-state index in [0.717, 1.165) is 15.8 Å². The molecule has 2 N–H and O–H groups in total. The van der Waals surface area contributed by atoms with Gasteiger partial charge in [-0.2, -0.15) is 0 Å². The van der Waals surface area contributed by atoms with Crippen molar-refractivity contribution in [3.05, 3.63) is 28.2 Å². The number of hydrogen-bond donors (Lipinski definition) is 2. The number of rotatable bonds is 5. The van der Waals surface area contributed by atoms with Gasteiger partial charge in [0.05, 0.1) is 13.2 Å². The lowest BCUT2D eigenvalue weighted by Gasteiger charge is -2.17. The first-order chi connectivity index (χ1) is 7.54. The summed E-state index contributed by atoms with van der Waals surface area (Å²) in [6.07, 6.45) is -0.334. The van der Waals surface area contributed by atoms with Crippen molar-refractivity contribution in [2.45, 2.75) is 26.0 Å². The predicted molar refractivity (Wildman–Crippen MR) is 68.8 cm³/mol. The molecule has 2 atom stereocenters. The summed E-state index contributed by atoms with van der Waals surface area (Å²) in [6, 6.07) is 6.08. The number of methoxy groups -OCH3 is 1. The van der Waals surface area contributed by atoms with Crippen LogP contribution in [-0.4, -0.2) is 24.9 Å². The minimum atomic E-state index is -0.334. The molecular weight excluding hydrogens is 270 g/mol. The maximum absolute atomic E-state index is 9.21. The Hall–Kier alpha value is -0.580. The molecule has 0 fully saturated rings. The third-order valence-electron chi connectivity index (χ3n) is 2.39. The molecule has 1 rings (SSSR count). The van der Waals surface area contributed by atoms with E-state index in [1.54, 1.807) is 14.0 Å². The van der Waals surface area contributed by atoms with Crippen molar-refractivity contribution in [3.63, 3.8) is 0 Å². The number of benzene rings is 1. The minimum Gasteiger partial charge on any atom is -0.497 e. The van der Waals surface area contributed by atoms with Gasteiger partial charge in [-0.3, -0.25) is 0 Å². The number of aliphatic hydroxyl groups excluding tert-OH is 1. The van der Waals surface area contributed by atoms with E-state index >= 15 is 0 Å². The average molecular weight is 288 g/mol. The van der Waals surface area contributed by atoms with Gasteiger partial charge in [0.1, 0.15) is 5.75 Å². The molecule has 0 aliphatic rings. The van der Waals surface area contributed by atoms with Gasteiger partial charge in [-0.25, -0.2) is 0 Å². The fourth-order valence-electron chi connectivity index (χ4n) is 1.44. The average Bonchev–Trinajstić information content (AvgIpc) is 2.25. The molecule has 1 aromatic rings. The van der Waals surface area contributed by atoms with Gasteiger partial charge in [0, 0.05) is 17.1 Å². The van der Waals surface area contributed by atoms with Crippen LogP contribution in [0, 0.1) is 0 Å². The second-order valence-electron chi connectivity index (χ2n) is 3.87. The Morgan fingerprint density at radius 2 is 2.12 bits per heavy atom. The maximum Gasteiger partial charge on any atom is 0.120 e. The van der Waals surface area contributed by atoms with Crippen molar-refractivity contribution in [2.24, 2.45) is 0 Å². The van der Waals surface area contributed by atoms with E-state index in [4.69, 9.17) is 4.74 Å². The highest BCUT2D eigenvalue weighted by Gasteiger charge is 2.10. The molecule has 16 heavy (non-hydrogen) atoms. The third-order valence-corrected chi connectivity index (χ3v) is 3.08. The molecule has 1 aromatic carbocycles. The highest BCUT2D eigenvalue weighted by molar-refractivity contribution is 9.10. The van der Waals surface area contributed by atoms with Crippen LogP contribution in [0.1, 0.15) is 25.5 Å². The van der Waals surface area contributed by atoms with Crippen molar-refractivity contribution in [1.82, 2.24) is 5.32 Å². The van der Waals surface area contributed by atoms with Gasteiger partial charge in [-0.1, -0.05) is 22.0 Å². The number of nitrogens with one attached hydrogen (secondary N) is 1. The highest BCUT2D eigenvalue weighted by atomic mass is 79.9. The molecular formula is C12H18BrNO2. The van der Waals surface area contributed by atoms with Gasteiger partial charge in [-0.05, 0) is 31.5 Å². The zero-order valence-electron chi connectivity index (χ0n) is 9.83. The normalized spacial score (nSPS) is 14.6. The molecule has 0 amide bonds. The summed E-state index contributed by atoms with van der Waals surface area (Å²) in [5, 5.41) is 12.5. The molecule has 0 spiro atoms. The van der Waals surface area contributed by atoms with Crippen LogP contribution in [0.4, 0.5) is 0 Å². The second-order valence-corrected chi connectivity index (χ2v) is 4.72. The van der Waals surface area contributed by atoms with E-state index in [0.29, 0.717) is 6.54 Å². The quantitative estimate of drug-likeness (QED) is 0.874. The van der Waals surface area contributed by atoms with Gasteiger partial charge in [0.25, 0.3) is 0 Å². The molecule has 0 radical (unpaired) electrons. The number of aliphatic hydroxyl groups is 1. The Morgan fingerprint density at radius 1 is 1.44 bits per heavy atom. The lowest BCUT2D eigenvalue weighted by molar-refractivity contribution is 0.187. The molecule has 4 heteroatoms. The number of hydrogen-bond acceptors (Lipinski definition) is 3. The summed E-state index contributed by atoms with van der Waals surface area (Å²) in [7, 11) is 1.65. The van der Waals surface area contributed by atoms with Crippen molar-refractivity contribution in [1.29, 1.82) is 0 Å². The Labute approximate surface area is 105 Å². The monoisotopic (exact) mass is 287 g/mol. The van der Waals surface area contributed by atoms with Crippen molar-refractivity contribution in [3.8, 4) is 5.75 Å². The lowest BCUT2D eigenvalue weighted by atomic mass is 10.1. The number of halogens is 1. The van der Waals surface area contributed by atoms with E-state index < -0.39 is 0 Å². The Balaban J connectivity index is 2.71. The topological polar surface area (TPSA) is 41.5 Å². The van der Waals surface area contributed by atoms with Gasteiger partial charge in [0.2, 0.25) is 0 Å². The Kier molecular flexibility index (Phi) is 5.25. The number of ether oxygens (including phenoxy) is 1. The predicted octanol–water partition coefficient (Wildman–Crippen LogP) is 2.49. The van der Waals surface area contributed by atoms with Gasteiger partial charge in [0.15, 0.2) is 0 Å². The first kappa shape index (κ1) is 13.5. The van der Waals surface area contributed by atoms with Crippen molar-refractivity contribution < 1.29 is 9.84 Å². The third kappa shape index (κ3) is 3.77. The smallest absolute Gasteiger partial charge is 0.120 e. The molecule has 0 aromatic heterocycles. The van der Waals surface area contributed by atoms with Gasteiger partial charge < -0.3 is 15.2 Å². The fourth-order valence-corrected chi connectivity index (χ4v) is 2.14. The summed E-state index contributed by atoms with van der Waals surface area (Å²) in [4.78, 5) is 0. The maximum atomic E-state index is 9.21. The van der Waals surface area contributed by atoms with Gasteiger partial charge in [-0.15, -0.1) is 0 Å². The van der Waals surface area contributed by atoms with Crippen LogP contribution in [-0.2, 0) is 0 Å². The molecule has 90 valence electrons. The molecule has 0 aliphatic heterocycles. The van der Waals surface area contributed by atoms with E-state index in [2.05, 4.69) is 28.2 Å². The van der Waals surface area contributed by atoms with Crippen molar-refractivity contribution in [2.75, 3.05) is 13.7 Å². The van der Waals surface area contributed by atoms with Gasteiger partial charge >= 0.3 is 0 Å². The van der Waals surface area contributed by atoms with Crippen LogP contribution in [0.15, 0.2) is 22.7 Å². The SMILES string of the molecule is COc1ccc(C(C)NC[C@@H](C)O)c(Br)c1. The van der Waals surface area contributed by atoms with E-state index in [9.17, 15) is 5.11 Å². The van der Waals surface area contributed by atoms with Crippen LogP contribution in [0.3, 0.4) is 0 Å². The standard InChI is InChI=1S/C12H18BrNO2/c1-8(15)7-14-9(2)11-5-4-10(16-3)6-12(11)13/h4-6,8-9,14-15H,7H2,1-3H3/t8-,9?/m1/s1. The van der Waals surface area contributed by atoms with Crippen LogP contribution >= 0.6 is 15.9 Å². The van der Waals surface area contributed by atoms with Crippen LogP contribution in [0.25, 0.3) is 0 Å². The first-order valence-corrected chi connectivity index (χ1v) is 6.08. The van der Waals surface area contributed by atoms with E-state index in [-0.39, 0.29) is 12.1 Å². The van der Waals surface area contributed by atoms with E-state index in [1.165, 1.54) is 0 Å². The summed E-state index contributed by atoms with van der Waals surface area (Å²) < 4.78 is 6.15. The summed E-state index contributed by atoms with van der Waals surface area (Å²) in [5.74, 6) is 0.832. The van der Waals surface area contributed by atoms with E-state index in [1.807, 2.05) is 18.2 Å². The molecule has 0 saturated carbocycles. The lowest BCUT2D eigenvalue weighted by Crippen LogP contribution is -2.27. The zero-order valence-corrected chi connectivity index (χ0v) is 11.4. The second kappa shape index (κ2) is 6.23. The van der Waals surface area contributed by atoms with Crippen LogP contribution in [0.2, 0.25) is 0 Å². The minimum absolute atomic E-state index is 0.190. The van der Waals surface area contributed by atoms with Crippen LogP contribution in [0.5, 0.6) is 5.75 Å². The largest absolute Gasteiger partial charge is 0.497 e. The molecule has 3 nitrogen and oxygen atoms in total. The summed E-state index contributed by atoms with van der Waals surface area (Å²) in [5.41, 5.74) is 1.15.